The molecule has 0 saturated heterocycles. The Hall–Kier alpha value is -0.870. The van der Waals surface area contributed by atoms with Gasteiger partial charge in [0.05, 0.1) is 5.69 Å². The highest BCUT2D eigenvalue weighted by Gasteiger charge is 2.33. The van der Waals surface area contributed by atoms with Crippen LogP contribution in [0.15, 0.2) is 6.20 Å². The molecule has 4 heteroatoms. The van der Waals surface area contributed by atoms with Crippen LogP contribution >= 0.6 is 0 Å². The second-order valence-electron chi connectivity index (χ2n) is 5.45. The number of nitrogens with two attached hydrogens (primary N) is 1. The minimum atomic E-state index is -0.461. The molecule has 0 aromatic carbocycles. The van der Waals surface area contributed by atoms with Gasteiger partial charge in [-0.25, -0.2) is 0 Å². The summed E-state index contributed by atoms with van der Waals surface area (Å²) in [6.07, 6.45) is 2.00. The van der Waals surface area contributed by atoms with Crippen LogP contribution < -0.4 is 5.73 Å². The van der Waals surface area contributed by atoms with Crippen molar-refractivity contribution in [2.24, 2.45) is 12.8 Å². The van der Waals surface area contributed by atoms with E-state index in [1.165, 1.54) is 0 Å². The number of rotatable bonds is 3. The first-order valence-corrected chi connectivity index (χ1v) is 5.54. The van der Waals surface area contributed by atoms with Crippen molar-refractivity contribution >= 4 is 0 Å². The van der Waals surface area contributed by atoms with Crippen LogP contribution in [-0.2, 0) is 22.8 Å². The molecule has 0 fully saturated rings. The van der Waals surface area contributed by atoms with E-state index in [0.717, 1.165) is 11.3 Å². The lowest BCUT2D eigenvalue weighted by Crippen LogP contribution is -2.35. The maximum atomic E-state index is 5.81. The van der Waals surface area contributed by atoms with E-state index in [0.29, 0.717) is 6.54 Å². The van der Waals surface area contributed by atoms with Gasteiger partial charge in [0.1, 0.15) is 5.60 Å². The zero-order valence-corrected chi connectivity index (χ0v) is 11.2. The summed E-state index contributed by atoms with van der Waals surface area (Å²) in [5.41, 5.74) is 7.46. The Balaban J connectivity index is 3.33. The maximum absolute atomic E-state index is 5.81. The molecule has 0 amide bonds. The summed E-state index contributed by atoms with van der Waals surface area (Å²) in [4.78, 5) is 0. The third-order valence-corrected chi connectivity index (χ3v) is 2.95. The summed E-state index contributed by atoms with van der Waals surface area (Å²) in [5, 5.41) is 4.53. The molecule has 0 bridgehead atoms. The van der Waals surface area contributed by atoms with Crippen LogP contribution in [0, 0.1) is 0 Å². The van der Waals surface area contributed by atoms with Gasteiger partial charge in [-0.05, 0) is 6.92 Å². The van der Waals surface area contributed by atoms with E-state index in [4.69, 9.17) is 10.5 Å². The summed E-state index contributed by atoms with van der Waals surface area (Å²) in [6, 6.07) is 0. The Morgan fingerprint density at radius 2 is 1.94 bits per heavy atom. The first kappa shape index (κ1) is 13.2. The molecule has 0 aliphatic rings. The largest absolute Gasteiger partial charge is 0.372 e. The Morgan fingerprint density at radius 3 is 2.31 bits per heavy atom. The zero-order chi connectivity index (χ0) is 12.6. The van der Waals surface area contributed by atoms with Gasteiger partial charge < -0.3 is 10.5 Å². The molecule has 16 heavy (non-hydrogen) atoms. The van der Waals surface area contributed by atoms with E-state index in [-0.39, 0.29) is 5.41 Å². The van der Waals surface area contributed by atoms with E-state index in [9.17, 15) is 0 Å². The lowest BCUT2D eigenvalue weighted by Gasteiger charge is -2.29. The van der Waals surface area contributed by atoms with Crippen LogP contribution in [0.4, 0.5) is 0 Å². The smallest absolute Gasteiger partial charge is 0.105 e. The average Bonchev–Trinajstić information content (AvgIpc) is 2.59. The quantitative estimate of drug-likeness (QED) is 0.849. The van der Waals surface area contributed by atoms with Gasteiger partial charge in [-0.2, -0.15) is 5.10 Å². The van der Waals surface area contributed by atoms with Crippen molar-refractivity contribution in [3.05, 3.63) is 17.5 Å². The number of aryl methyl sites for hydroxylation is 1. The van der Waals surface area contributed by atoms with E-state index >= 15 is 0 Å². The first-order chi connectivity index (χ1) is 7.24. The van der Waals surface area contributed by atoms with Crippen molar-refractivity contribution < 1.29 is 4.74 Å². The highest BCUT2D eigenvalue weighted by Crippen LogP contribution is 2.32. The molecule has 1 aromatic heterocycles. The first-order valence-electron chi connectivity index (χ1n) is 5.54. The van der Waals surface area contributed by atoms with Gasteiger partial charge >= 0.3 is 0 Å². The number of ether oxygens (including phenoxy) is 1. The number of nitrogens with zero attached hydrogens (tertiary/aromatic N) is 2. The predicted molar refractivity (Wildman–Crippen MR) is 65.3 cm³/mol. The summed E-state index contributed by atoms with van der Waals surface area (Å²) in [6.45, 7) is 8.87. The van der Waals surface area contributed by atoms with E-state index in [1.54, 1.807) is 7.11 Å². The van der Waals surface area contributed by atoms with Gasteiger partial charge in [0.15, 0.2) is 0 Å². The molecule has 1 rings (SSSR count). The van der Waals surface area contributed by atoms with Gasteiger partial charge in [0.25, 0.3) is 0 Å². The fraction of sp³-hybridized carbons (Fsp3) is 0.750. The number of aromatic nitrogens is 2. The Bertz CT molecular complexity index is 359. The van der Waals surface area contributed by atoms with Gasteiger partial charge in [-0.3, -0.25) is 4.68 Å². The molecule has 1 heterocycles. The fourth-order valence-electron chi connectivity index (χ4n) is 1.73. The molecule has 0 saturated carbocycles. The SMILES string of the molecule is COC(C)(CN)c1cn(C)nc1C(C)(C)C. The van der Waals surface area contributed by atoms with Crippen LogP contribution in [-0.4, -0.2) is 23.4 Å². The maximum Gasteiger partial charge on any atom is 0.105 e. The number of methoxy groups -OCH3 is 1. The second kappa shape index (κ2) is 4.18. The van der Waals surface area contributed by atoms with Crippen LogP contribution in [0.2, 0.25) is 0 Å². The second-order valence-corrected chi connectivity index (χ2v) is 5.45. The van der Waals surface area contributed by atoms with Crippen LogP contribution in [0.5, 0.6) is 0 Å². The van der Waals surface area contributed by atoms with Crippen LogP contribution in [0.3, 0.4) is 0 Å². The molecule has 0 radical (unpaired) electrons. The van der Waals surface area contributed by atoms with Gasteiger partial charge in [0, 0.05) is 37.9 Å². The Morgan fingerprint density at radius 1 is 1.38 bits per heavy atom. The Labute approximate surface area is 97.8 Å². The molecule has 1 aromatic rings. The monoisotopic (exact) mass is 225 g/mol. The molecular weight excluding hydrogens is 202 g/mol. The van der Waals surface area contributed by atoms with Crippen molar-refractivity contribution in [3.8, 4) is 0 Å². The summed E-state index contributed by atoms with van der Waals surface area (Å²) in [7, 11) is 3.61. The van der Waals surface area contributed by atoms with Crippen molar-refractivity contribution in [3.63, 3.8) is 0 Å². The third-order valence-electron chi connectivity index (χ3n) is 2.95. The van der Waals surface area contributed by atoms with Crippen molar-refractivity contribution in [2.45, 2.75) is 38.7 Å². The lowest BCUT2D eigenvalue weighted by molar-refractivity contribution is 0.00864. The third kappa shape index (κ3) is 2.28. The van der Waals surface area contributed by atoms with Crippen LogP contribution in [0.1, 0.15) is 39.0 Å². The highest BCUT2D eigenvalue weighted by molar-refractivity contribution is 5.30. The molecule has 2 N–H and O–H groups in total. The van der Waals surface area contributed by atoms with E-state index in [1.807, 2.05) is 24.9 Å². The lowest BCUT2D eigenvalue weighted by atomic mass is 9.84. The average molecular weight is 225 g/mol. The van der Waals surface area contributed by atoms with E-state index in [2.05, 4.69) is 25.9 Å². The molecule has 4 nitrogen and oxygen atoms in total. The predicted octanol–water partition coefficient (Wildman–Crippen LogP) is 1.54. The van der Waals surface area contributed by atoms with Crippen molar-refractivity contribution in [1.29, 1.82) is 0 Å². The highest BCUT2D eigenvalue weighted by atomic mass is 16.5. The minimum absolute atomic E-state index is 0.00838. The zero-order valence-electron chi connectivity index (χ0n) is 11.2. The molecule has 0 aliphatic heterocycles. The summed E-state index contributed by atoms with van der Waals surface area (Å²) in [5.74, 6) is 0. The minimum Gasteiger partial charge on any atom is -0.372 e. The van der Waals surface area contributed by atoms with Gasteiger partial charge in [-0.1, -0.05) is 20.8 Å². The summed E-state index contributed by atoms with van der Waals surface area (Å²) < 4.78 is 7.37. The van der Waals surface area contributed by atoms with Gasteiger partial charge in [-0.15, -0.1) is 0 Å². The number of hydrogen-bond donors (Lipinski definition) is 1. The normalized spacial score (nSPS) is 16.2. The molecule has 0 spiro atoms. The fourth-order valence-corrected chi connectivity index (χ4v) is 1.73. The van der Waals surface area contributed by atoms with Gasteiger partial charge in [0.2, 0.25) is 0 Å². The molecule has 92 valence electrons. The van der Waals surface area contributed by atoms with Crippen molar-refractivity contribution in [1.82, 2.24) is 9.78 Å². The van der Waals surface area contributed by atoms with Crippen molar-refractivity contribution in [2.75, 3.05) is 13.7 Å². The molecular formula is C12H23N3O. The molecule has 1 unspecified atom stereocenters. The molecule has 0 aliphatic carbocycles. The standard InChI is InChI=1S/C12H23N3O/c1-11(2,3)10-9(7-15(5)14-10)12(4,8-13)16-6/h7H,8,13H2,1-6H3. The van der Waals surface area contributed by atoms with E-state index < -0.39 is 5.60 Å². The topological polar surface area (TPSA) is 53.1 Å². The summed E-state index contributed by atoms with van der Waals surface area (Å²) >= 11 is 0. The van der Waals surface area contributed by atoms with Crippen LogP contribution in [0.25, 0.3) is 0 Å². The Kier molecular flexibility index (Phi) is 3.45. The molecule has 1 atom stereocenters. The number of hydrogen-bond acceptors (Lipinski definition) is 3.